The van der Waals surface area contributed by atoms with Gasteiger partial charge in [-0.05, 0) is 98.8 Å². The van der Waals surface area contributed by atoms with E-state index in [1.54, 1.807) is 6.20 Å². The van der Waals surface area contributed by atoms with Gasteiger partial charge in [0.1, 0.15) is 0 Å². The van der Waals surface area contributed by atoms with Gasteiger partial charge in [0, 0.05) is 34.5 Å². The molecule has 0 N–H and O–H groups in total. The Morgan fingerprint density at radius 2 is 0.944 bits per heavy atom. The fourth-order valence-corrected chi connectivity index (χ4v) is 8.90. The van der Waals surface area contributed by atoms with Crippen LogP contribution in [0, 0.1) is 0 Å². The average Bonchev–Trinajstić information content (AvgIpc) is 3.52. The number of hydrogen-bond donors (Lipinski definition) is 0. The van der Waals surface area contributed by atoms with E-state index in [1.165, 1.54) is 71.0 Å². The van der Waals surface area contributed by atoms with Crippen molar-refractivity contribution in [1.29, 1.82) is 0 Å². The number of hydrogen-bond acceptors (Lipinski definition) is 3. The Balaban J connectivity index is 1.01. The normalized spacial score (nSPS) is 14.1. The Kier molecular flexibility index (Phi) is 8.06. The van der Waals surface area contributed by atoms with Gasteiger partial charge in [0.05, 0.1) is 11.4 Å². The van der Waals surface area contributed by atoms with E-state index in [2.05, 4.69) is 145 Å². The van der Waals surface area contributed by atoms with Crippen molar-refractivity contribution >= 4 is 0 Å². The molecule has 2 aromatic heterocycles. The van der Waals surface area contributed by atoms with E-state index in [0.29, 0.717) is 5.82 Å². The second kappa shape index (κ2) is 13.5. The standard InChI is InChI=1S/C51H39N3/c1-3-12-37(13-4-1)50-53-48(36-23-21-35(22-24-36)43-18-11-29-52-34-43)33-49(54-50)42-17-10-16-40(31-42)38-14-9-15-39(30-38)41-25-26-47-45(32-41)44-19-5-6-20-46(44)51(47)27-7-2-8-28-51/h1,3-6,9-26,29-34H,2,7-8,27-28H2. The van der Waals surface area contributed by atoms with Crippen LogP contribution in [0.25, 0.3) is 78.4 Å². The van der Waals surface area contributed by atoms with Gasteiger partial charge in [0.15, 0.2) is 5.82 Å². The van der Waals surface area contributed by atoms with E-state index >= 15 is 0 Å². The van der Waals surface area contributed by atoms with Crippen molar-refractivity contribution < 1.29 is 0 Å². The van der Waals surface area contributed by atoms with Crippen molar-refractivity contribution in [1.82, 2.24) is 15.0 Å². The third-order valence-electron chi connectivity index (χ3n) is 11.6. The first-order chi connectivity index (χ1) is 26.7. The van der Waals surface area contributed by atoms with Crippen LogP contribution < -0.4 is 0 Å². The average molecular weight is 694 g/mol. The highest BCUT2D eigenvalue weighted by Gasteiger charge is 2.43. The first kappa shape index (κ1) is 32.2. The molecule has 54 heavy (non-hydrogen) atoms. The summed E-state index contributed by atoms with van der Waals surface area (Å²) in [5, 5.41) is 0. The lowest BCUT2D eigenvalue weighted by atomic mass is 9.68. The van der Waals surface area contributed by atoms with Gasteiger partial charge < -0.3 is 0 Å². The zero-order chi connectivity index (χ0) is 35.9. The smallest absolute Gasteiger partial charge is 0.160 e. The van der Waals surface area contributed by atoms with Gasteiger partial charge in [0.2, 0.25) is 0 Å². The summed E-state index contributed by atoms with van der Waals surface area (Å²) >= 11 is 0. The summed E-state index contributed by atoms with van der Waals surface area (Å²) in [6.07, 6.45) is 10.2. The molecule has 258 valence electrons. The molecule has 1 saturated carbocycles. The van der Waals surface area contributed by atoms with Gasteiger partial charge in [-0.15, -0.1) is 0 Å². The van der Waals surface area contributed by atoms with E-state index < -0.39 is 0 Å². The Hall–Kier alpha value is -6.45. The molecule has 2 heterocycles. The highest BCUT2D eigenvalue weighted by atomic mass is 14.9. The van der Waals surface area contributed by atoms with Crippen LogP contribution in [0.5, 0.6) is 0 Å². The predicted molar refractivity (Wildman–Crippen MR) is 222 cm³/mol. The van der Waals surface area contributed by atoms with E-state index in [4.69, 9.17) is 9.97 Å². The SMILES string of the molecule is c1ccc(-c2nc(-c3ccc(-c4cccnc4)cc3)cc(-c3cccc(-c4cccc(-c5ccc6c(c5)-c5ccccc5C65CCCCC5)c4)c3)n2)cc1. The zero-order valence-electron chi connectivity index (χ0n) is 30.1. The lowest BCUT2D eigenvalue weighted by Crippen LogP contribution is -2.27. The molecule has 0 unspecified atom stereocenters. The number of aromatic nitrogens is 3. The molecule has 2 aliphatic rings. The van der Waals surface area contributed by atoms with Gasteiger partial charge in [-0.2, -0.15) is 0 Å². The third kappa shape index (κ3) is 5.74. The Labute approximate surface area is 317 Å². The Bertz CT molecular complexity index is 2620. The molecule has 0 radical (unpaired) electrons. The molecular formula is C51H39N3. The van der Waals surface area contributed by atoms with Crippen LogP contribution in [0.15, 0.2) is 176 Å². The van der Waals surface area contributed by atoms with E-state index in [-0.39, 0.29) is 5.41 Å². The molecule has 0 bridgehead atoms. The lowest BCUT2D eigenvalue weighted by molar-refractivity contribution is 0.353. The molecule has 0 aliphatic heterocycles. The molecule has 3 heteroatoms. The molecule has 1 spiro atoms. The van der Waals surface area contributed by atoms with Crippen molar-refractivity contribution in [2.45, 2.75) is 37.5 Å². The summed E-state index contributed by atoms with van der Waals surface area (Å²) < 4.78 is 0. The molecule has 0 atom stereocenters. The number of rotatable bonds is 6. The van der Waals surface area contributed by atoms with Crippen LogP contribution >= 0.6 is 0 Å². The quantitative estimate of drug-likeness (QED) is 0.174. The molecule has 2 aliphatic carbocycles. The monoisotopic (exact) mass is 693 g/mol. The van der Waals surface area contributed by atoms with Gasteiger partial charge in [-0.3, -0.25) is 4.98 Å². The second-order valence-corrected chi connectivity index (χ2v) is 14.8. The maximum absolute atomic E-state index is 5.13. The molecule has 6 aromatic carbocycles. The van der Waals surface area contributed by atoms with Crippen LogP contribution in [-0.4, -0.2) is 15.0 Å². The second-order valence-electron chi connectivity index (χ2n) is 14.8. The summed E-state index contributed by atoms with van der Waals surface area (Å²) in [4.78, 5) is 14.5. The molecule has 0 amide bonds. The van der Waals surface area contributed by atoms with Crippen LogP contribution in [-0.2, 0) is 5.41 Å². The minimum Gasteiger partial charge on any atom is -0.264 e. The van der Waals surface area contributed by atoms with Crippen LogP contribution in [0.1, 0.15) is 43.2 Å². The molecule has 10 rings (SSSR count). The maximum Gasteiger partial charge on any atom is 0.160 e. The zero-order valence-corrected chi connectivity index (χ0v) is 30.1. The fourth-order valence-electron chi connectivity index (χ4n) is 8.90. The van der Waals surface area contributed by atoms with Gasteiger partial charge in [-0.25, -0.2) is 9.97 Å². The predicted octanol–water partition coefficient (Wildman–Crippen LogP) is 13.1. The Morgan fingerprint density at radius 1 is 0.370 bits per heavy atom. The summed E-state index contributed by atoms with van der Waals surface area (Å²) in [5.74, 6) is 0.708. The van der Waals surface area contributed by atoms with E-state index in [1.807, 2.05) is 30.5 Å². The third-order valence-corrected chi connectivity index (χ3v) is 11.6. The highest BCUT2D eigenvalue weighted by molar-refractivity contribution is 5.86. The summed E-state index contributed by atoms with van der Waals surface area (Å²) in [6.45, 7) is 0. The first-order valence-electron chi connectivity index (χ1n) is 19.1. The van der Waals surface area contributed by atoms with Gasteiger partial charge >= 0.3 is 0 Å². The molecular weight excluding hydrogens is 655 g/mol. The minimum atomic E-state index is 0.176. The van der Waals surface area contributed by atoms with E-state index in [0.717, 1.165) is 44.8 Å². The van der Waals surface area contributed by atoms with Crippen molar-refractivity contribution in [2.75, 3.05) is 0 Å². The van der Waals surface area contributed by atoms with Crippen molar-refractivity contribution in [3.8, 4) is 78.4 Å². The van der Waals surface area contributed by atoms with Crippen LogP contribution in [0.4, 0.5) is 0 Å². The molecule has 1 fully saturated rings. The number of fused-ring (bicyclic) bond motifs is 5. The van der Waals surface area contributed by atoms with Crippen LogP contribution in [0.3, 0.4) is 0 Å². The number of pyridine rings is 1. The number of benzene rings is 6. The van der Waals surface area contributed by atoms with Gasteiger partial charge in [-0.1, -0.05) is 153 Å². The number of nitrogens with zero attached hydrogens (tertiary/aromatic N) is 3. The molecule has 0 saturated heterocycles. The minimum absolute atomic E-state index is 0.176. The van der Waals surface area contributed by atoms with Crippen molar-refractivity contribution in [3.63, 3.8) is 0 Å². The largest absolute Gasteiger partial charge is 0.264 e. The van der Waals surface area contributed by atoms with Crippen molar-refractivity contribution in [2.24, 2.45) is 0 Å². The molecule has 8 aromatic rings. The summed E-state index contributed by atoms with van der Waals surface area (Å²) in [7, 11) is 0. The summed E-state index contributed by atoms with van der Waals surface area (Å²) in [6, 6.07) is 59.1. The van der Waals surface area contributed by atoms with E-state index in [9.17, 15) is 0 Å². The highest BCUT2D eigenvalue weighted by Crippen LogP contribution is 2.56. The summed E-state index contributed by atoms with van der Waals surface area (Å²) in [5.41, 5.74) is 18.0. The Morgan fingerprint density at radius 3 is 1.69 bits per heavy atom. The molecule has 3 nitrogen and oxygen atoms in total. The van der Waals surface area contributed by atoms with Gasteiger partial charge in [0.25, 0.3) is 0 Å². The topological polar surface area (TPSA) is 38.7 Å². The fraction of sp³-hybridized carbons (Fsp3) is 0.118. The van der Waals surface area contributed by atoms with Crippen LogP contribution in [0.2, 0.25) is 0 Å². The van der Waals surface area contributed by atoms with Crippen molar-refractivity contribution in [3.05, 3.63) is 187 Å². The maximum atomic E-state index is 5.13. The first-order valence-corrected chi connectivity index (χ1v) is 19.1. The lowest BCUT2D eigenvalue weighted by Gasteiger charge is -2.36.